The highest BCUT2D eigenvalue weighted by Gasteiger charge is 2.09. The lowest BCUT2D eigenvalue weighted by Gasteiger charge is -2.12. The van der Waals surface area contributed by atoms with Crippen molar-refractivity contribution in [1.82, 2.24) is 0 Å². The third kappa shape index (κ3) is 3.96. The number of hydrogen-bond donors (Lipinski definition) is 2. The maximum atomic E-state index is 13.1. The van der Waals surface area contributed by atoms with E-state index in [2.05, 4.69) is 5.32 Å². The number of benzene rings is 1. The highest BCUT2D eigenvalue weighted by molar-refractivity contribution is 7.84. The van der Waals surface area contributed by atoms with Gasteiger partial charge in [-0.3, -0.25) is 4.21 Å². The van der Waals surface area contributed by atoms with Crippen molar-refractivity contribution < 1.29 is 13.0 Å². The van der Waals surface area contributed by atoms with Crippen LogP contribution in [0.1, 0.15) is 13.3 Å². The van der Waals surface area contributed by atoms with Crippen molar-refractivity contribution in [3.05, 3.63) is 23.8 Å². The van der Waals surface area contributed by atoms with E-state index in [-0.39, 0.29) is 16.6 Å². The summed E-state index contributed by atoms with van der Waals surface area (Å²) < 4.78 is 37.1. The molecule has 0 heterocycles. The fourth-order valence-electron chi connectivity index (χ4n) is 1.31. The van der Waals surface area contributed by atoms with E-state index >= 15 is 0 Å². The van der Waals surface area contributed by atoms with Crippen molar-refractivity contribution in [1.29, 1.82) is 0 Å². The lowest BCUT2D eigenvalue weighted by Crippen LogP contribution is -2.15. The Morgan fingerprint density at radius 1 is 1.47 bits per heavy atom. The van der Waals surface area contributed by atoms with Crippen LogP contribution in [0.2, 0.25) is 0 Å². The summed E-state index contributed by atoms with van der Waals surface area (Å²) in [5.74, 6) is -1.45. The minimum Gasteiger partial charge on any atom is -0.395 e. The Morgan fingerprint density at radius 2 is 2.12 bits per heavy atom. The molecule has 96 valence electrons. The van der Waals surface area contributed by atoms with Gasteiger partial charge >= 0.3 is 0 Å². The van der Waals surface area contributed by atoms with Crippen LogP contribution >= 0.6 is 0 Å². The molecule has 1 aromatic carbocycles. The third-order valence-corrected chi connectivity index (χ3v) is 3.90. The standard InChI is InChI=1S/C11H16F2N2OS/c1-7(17(2)16)3-4-15-10-6-8(12)5-9(13)11(10)14/h5-7,15H,3-4,14H2,1-2H3. The van der Waals surface area contributed by atoms with E-state index < -0.39 is 22.4 Å². The normalized spacial score (nSPS) is 14.4. The summed E-state index contributed by atoms with van der Waals surface area (Å²) in [5.41, 5.74) is 5.60. The zero-order valence-corrected chi connectivity index (χ0v) is 10.6. The second kappa shape index (κ2) is 5.95. The van der Waals surface area contributed by atoms with Crippen LogP contribution in [-0.4, -0.2) is 22.3 Å². The predicted octanol–water partition coefficient (Wildman–Crippen LogP) is 2.12. The van der Waals surface area contributed by atoms with E-state index in [4.69, 9.17) is 5.73 Å². The van der Waals surface area contributed by atoms with Gasteiger partial charge in [0.15, 0.2) is 5.82 Å². The van der Waals surface area contributed by atoms with Gasteiger partial charge in [0.05, 0.1) is 11.4 Å². The zero-order valence-electron chi connectivity index (χ0n) is 9.80. The summed E-state index contributed by atoms with van der Waals surface area (Å²) in [5, 5.41) is 2.87. The zero-order chi connectivity index (χ0) is 13.0. The van der Waals surface area contributed by atoms with Crippen LogP contribution < -0.4 is 11.1 Å². The van der Waals surface area contributed by atoms with Crippen molar-refractivity contribution in [2.75, 3.05) is 23.9 Å². The Balaban J connectivity index is 2.61. The van der Waals surface area contributed by atoms with Crippen LogP contribution in [0.25, 0.3) is 0 Å². The Hall–Kier alpha value is -1.17. The monoisotopic (exact) mass is 262 g/mol. The fraction of sp³-hybridized carbons (Fsp3) is 0.455. The molecule has 0 aliphatic rings. The SMILES string of the molecule is CC(CCNc1cc(F)cc(F)c1N)S(C)=O. The largest absolute Gasteiger partial charge is 0.395 e. The van der Waals surface area contributed by atoms with E-state index in [9.17, 15) is 13.0 Å². The van der Waals surface area contributed by atoms with Crippen LogP contribution in [-0.2, 0) is 10.8 Å². The molecule has 0 saturated heterocycles. The number of nitrogen functional groups attached to an aromatic ring is 1. The molecule has 0 aliphatic carbocycles. The van der Waals surface area contributed by atoms with Crippen LogP contribution in [0.15, 0.2) is 12.1 Å². The van der Waals surface area contributed by atoms with Gasteiger partial charge in [-0.1, -0.05) is 6.92 Å². The fourth-order valence-corrected chi connectivity index (χ4v) is 1.76. The van der Waals surface area contributed by atoms with Crippen LogP contribution in [0.5, 0.6) is 0 Å². The summed E-state index contributed by atoms with van der Waals surface area (Å²) in [6, 6.07) is 1.89. The number of anilines is 2. The summed E-state index contributed by atoms with van der Waals surface area (Å²) in [4.78, 5) is 0. The predicted molar refractivity (Wildman–Crippen MR) is 67.4 cm³/mol. The van der Waals surface area contributed by atoms with Gasteiger partial charge in [0, 0.05) is 34.9 Å². The molecule has 3 N–H and O–H groups in total. The molecular formula is C11H16F2N2OS. The molecule has 0 radical (unpaired) electrons. The highest BCUT2D eigenvalue weighted by Crippen LogP contribution is 2.23. The smallest absolute Gasteiger partial charge is 0.151 e. The van der Waals surface area contributed by atoms with Crippen molar-refractivity contribution >= 4 is 22.2 Å². The van der Waals surface area contributed by atoms with Gasteiger partial charge in [0.25, 0.3) is 0 Å². The molecule has 0 aromatic heterocycles. The molecule has 1 aromatic rings. The highest BCUT2D eigenvalue weighted by atomic mass is 32.2. The van der Waals surface area contributed by atoms with Crippen LogP contribution in [0.4, 0.5) is 20.2 Å². The molecule has 17 heavy (non-hydrogen) atoms. The summed E-state index contributed by atoms with van der Waals surface area (Å²) >= 11 is 0. The van der Waals surface area contributed by atoms with Crippen LogP contribution in [0, 0.1) is 11.6 Å². The summed E-state index contributed by atoms with van der Waals surface area (Å²) in [6.45, 7) is 2.32. The van der Waals surface area contributed by atoms with E-state index in [1.807, 2.05) is 6.92 Å². The third-order valence-electron chi connectivity index (χ3n) is 2.53. The molecule has 0 bridgehead atoms. The van der Waals surface area contributed by atoms with E-state index in [1.165, 1.54) is 0 Å². The average Bonchev–Trinajstić information content (AvgIpc) is 2.24. The molecule has 6 heteroatoms. The van der Waals surface area contributed by atoms with E-state index in [0.717, 1.165) is 12.1 Å². The molecule has 0 spiro atoms. The number of nitrogens with one attached hydrogen (secondary N) is 1. The summed E-state index contributed by atoms with van der Waals surface area (Å²) in [7, 11) is -0.902. The Bertz CT molecular complexity index is 426. The van der Waals surface area contributed by atoms with Gasteiger partial charge in [-0.25, -0.2) is 8.78 Å². The Morgan fingerprint density at radius 3 is 2.71 bits per heavy atom. The first-order valence-corrected chi connectivity index (χ1v) is 6.84. The lowest BCUT2D eigenvalue weighted by molar-refractivity contribution is 0.587. The van der Waals surface area contributed by atoms with Gasteiger partial charge in [-0.2, -0.15) is 0 Å². The maximum Gasteiger partial charge on any atom is 0.151 e. The number of nitrogens with two attached hydrogens (primary N) is 1. The van der Waals surface area contributed by atoms with Crippen molar-refractivity contribution in [3.63, 3.8) is 0 Å². The molecule has 3 nitrogen and oxygen atoms in total. The average molecular weight is 262 g/mol. The molecule has 0 amide bonds. The minimum absolute atomic E-state index is 0.0298. The second-order valence-electron chi connectivity index (χ2n) is 3.87. The molecule has 0 aliphatic heterocycles. The van der Waals surface area contributed by atoms with E-state index in [0.29, 0.717) is 13.0 Å². The molecule has 0 saturated carbocycles. The minimum atomic E-state index is -0.902. The van der Waals surface area contributed by atoms with Gasteiger partial charge in [-0.15, -0.1) is 0 Å². The first-order chi connectivity index (χ1) is 7.91. The maximum absolute atomic E-state index is 13.1. The quantitative estimate of drug-likeness (QED) is 0.799. The van der Waals surface area contributed by atoms with Crippen LogP contribution in [0.3, 0.4) is 0 Å². The second-order valence-corrected chi connectivity index (χ2v) is 5.68. The van der Waals surface area contributed by atoms with Gasteiger partial charge in [0.1, 0.15) is 5.82 Å². The van der Waals surface area contributed by atoms with Gasteiger partial charge in [0.2, 0.25) is 0 Å². The topological polar surface area (TPSA) is 55.1 Å². The number of hydrogen-bond acceptors (Lipinski definition) is 3. The molecular weight excluding hydrogens is 246 g/mol. The van der Waals surface area contributed by atoms with E-state index in [1.54, 1.807) is 6.26 Å². The number of rotatable bonds is 5. The number of halogens is 2. The summed E-state index contributed by atoms with van der Waals surface area (Å²) in [6.07, 6.45) is 2.27. The van der Waals surface area contributed by atoms with Crippen molar-refractivity contribution in [2.24, 2.45) is 0 Å². The lowest BCUT2D eigenvalue weighted by atomic mass is 10.2. The molecule has 1 rings (SSSR count). The van der Waals surface area contributed by atoms with Gasteiger partial charge < -0.3 is 11.1 Å². The molecule has 2 unspecified atom stereocenters. The first kappa shape index (κ1) is 13.9. The molecule has 2 atom stereocenters. The Labute approximate surface area is 102 Å². The Kier molecular flexibility index (Phi) is 4.86. The first-order valence-electron chi connectivity index (χ1n) is 5.22. The van der Waals surface area contributed by atoms with Crippen molar-refractivity contribution in [3.8, 4) is 0 Å². The van der Waals surface area contributed by atoms with Crippen molar-refractivity contribution in [2.45, 2.75) is 18.6 Å². The molecule has 0 fully saturated rings. The van der Waals surface area contributed by atoms with Gasteiger partial charge in [-0.05, 0) is 12.5 Å².